The molecule has 1 unspecified atom stereocenters. The van der Waals surface area contributed by atoms with Gasteiger partial charge in [-0.15, -0.1) is 17.9 Å². The lowest BCUT2D eigenvalue weighted by Gasteiger charge is -1.95. The van der Waals surface area contributed by atoms with Crippen LogP contribution in [0.1, 0.15) is 11.1 Å². The van der Waals surface area contributed by atoms with Gasteiger partial charge in [-0.05, 0) is 0 Å². The maximum Gasteiger partial charge on any atom is 0.127 e. The van der Waals surface area contributed by atoms with E-state index < -0.39 is 6.10 Å². The Kier molecular flexibility index (Phi) is 2.43. The molecule has 1 atom stereocenters. The van der Waals surface area contributed by atoms with Crippen molar-refractivity contribution >= 4 is 22.9 Å². The predicted molar refractivity (Wildman–Crippen MR) is 42.3 cm³/mol. The predicted octanol–water partition coefficient (Wildman–Crippen LogP) is 2.02. The molecule has 0 saturated heterocycles. The van der Waals surface area contributed by atoms with E-state index in [2.05, 4.69) is 11.6 Å². The first-order valence-corrected chi connectivity index (χ1v) is 3.85. The molecule has 0 aromatic carbocycles. The first-order chi connectivity index (χ1) is 4.74. The largest absolute Gasteiger partial charge is 0.382 e. The van der Waals surface area contributed by atoms with Crippen LogP contribution in [0.4, 0.5) is 0 Å². The number of rotatable bonds is 2. The standard InChI is InChI=1S/C6H6ClNOS/c1-2-4(9)6-8-3-5(7)10-6/h2-4,9H,1H2. The second-order valence-electron chi connectivity index (χ2n) is 1.68. The molecule has 4 heteroatoms. The van der Waals surface area contributed by atoms with Crippen LogP contribution < -0.4 is 0 Å². The van der Waals surface area contributed by atoms with Crippen LogP contribution in [0, 0.1) is 0 Å². The molecule has 1 N–H and O–H groups in total. The van der Waals surface area contributed by atoms with E-state index >= 15 is 0 Å². The second kappa shape index (κ2) is 3.14. The Balaban J connectivity index is 2.84. The van der Waals surface area contributed by atoms with Gasteiger partial charge in [0.05, 0.1) is 6.20 Å². The highest BCUT2D eigenvalue weighted by Gasteiger charge is 2.06. The minimum atomic E-state index is -0.683. The van der Waals surface area contributed by atoms with E-state index in [1.807, 2.05) is 0 Å². The number of thiazole rings is 1. The normalized spacial score (nSPS) is 13.0. The first-order valence-electron chi connectivity index (χ1n) is 2.66. The summed E-state index contributed by atoms with van der Waals surface area (Å²) in [6.45, 7) is 3.42. The fraction of sp³-hybridized carbons (Fsp3) is 0.167. The summed E-state index contributed by atoms with van der Waals surface area (Å²) in [7, 11) is 0. The maximum atomic E-state index is 9.11. The van der Waals surface area contributed by atoms with Crippen LogP contribution >= 0.6 is 22.9 Å². The van der Waals surface area contributed by atoms with Gasteiger partial charge in [0, 0.05) is 0 Å². The molecule has 1 rings (SSSR count). The van der Waals surface area contributed by atoms with Crippen molar-refractivity contribution in [2.45, 2.75) is 6.10 Å². The minimum Gasteiger partial charge on any atom is -0.382 e. The van der Waals surface area contributed by atoms with Crippen molar-refractivity contribution in [1.29, 1.82) is 0 Å². The van der Waals surface area contributed by atoms with Crippen molar-refractivity contribution in [3.63, 3.8) is 0 Å². The fourth-order valence-corrected chi connectivity index (χ4v) is 1.42. The Labute approximate surface area is 67.8 Å². The highest BCUT2D eigenvalue weighted by Crippen LogP contribution is 2.23. The molecule has 0 radical (unpaired) electrons. The van der Waals surface area contributed by atoms with Gasteiger partial charge in [0.2, 0.25) is 0 Å². The van der Waals surface area contributed by atoms with Crippen molar-refractivity contribution in [3.8, 4) is 0 Å². The molecule has 0 spiro atoms. The highest BCUT2D eigenvalue weighted by atomic mass is 35.5. The summed E-state index contributed by atoms with van der Waals surface area (Å²) in [4.78, 5) is 3.85. The molecule has 0 saturated carbocycles. The van der Waals surface area contributed by atoms with Gasteiger partial charge in [-0.3, -0.25) is 0 Å². The number of hydrogen-bond acceptors (Lipinski definition) is 3. The van der Waals surface area contributed by atoms with E-state index in [4.69, 9.17) is 16.7 Å². The van der Waals surface area contributed by atoms with Gasteiger partial charge in [0.1, 0.15) is 15.4 Å². The zero-order valence-electron chi connectivity index (χ0n) is 5.12. The number of aliphatic hydroxyl groups is 1. The van der Waals surface area contributed by atoms with Crippen molar-refractivity contribution < 1.29 is 5.11 Å². The topological polar surface area (TPSA) is 33.1 Å². The van der Waals surface area contributed by atoms with Crippen LogP contribution in [0.2, 0.25) is 4.34 Å². The van der Waals surface area contributed by atoms with Gasteiger partial charge in [0.25, 0.3) is 0 Å². The third-order valence-corrected chi connectivity index (χ3v) is 2.16. The molecule has 1 aromatic rings. The Hall–Kier alpha value is -0.380. The lowest BCUT2D eigenvalue weighted by Crippen LogP contribution is -1.89. The van der Waals surface area contributed by atoms with Crippen molar-refractivity contribution in [2.24, 2.45) is 0 Å². The molecule has 0 amide bonds. The molecule has 0 aliphatic heterocycles. The van der Waals surface area contributed by atoms with Crippen molar-refractivity contribution in [3.05, 3.63) is 28.2 Å². The molecule has 10 heavy (non-hydrogen) atoms. The average molecular weight is 176 g/mol. The molecular weight excluding hydrogens is 170 g/mol. The molecule has 0 aliphatic rings. The van der Waals surface area contributed by atoms with Gasteiger partial charge < -0.3 is 5.11 Å². The highest BCUT2D eigenvalue weighted by molar-refractivity contribution is 7.15. The third-order valence-electron chi connectivity index (χ3n) is 0.972. The molecule has 0 aliphatic carbocycles. The van der Waals surface area contributed by atoms with E-state index in [0.717, 1.165) is 0 Å². The third kappa shape index (κ3) is 1.56. The number of hydrogen-bond donors (Lipinski definition) is 1. The summed E-state index contributed by atoms with van der Waals surface area (Å²) in [5, 5.41) is 9.70. The molecule has 0 fully saturated rings. The average Bonchev–Trinajstić information content (AvgIpc) is 2.34. The second-order valence-corrected chi connectivity index (χ2v) is 3.38. The van der Waals surface area contributed by atoms with E-state index in [1.165, 1.54) is 23.6 Å². The summed E-state index contributed by atoms with van der Waals surface area (Å²) in [6.07, 6.45) is 2.24. The smallest absolute Gasteiger partial charge is 0.127 e. The van der Waals surface area contributed by atoms with E-state index in [9.17, 15) is 0 Å². The SMILES string of the molecule is C=CC(O)c1ncc(Cl)s1. The molecular formula is C6H6ClNOS. The van der Waals surface area contributed by atoms with Gasteiger partial charge >= 0.3 is 0 Å². The van der Waals surface area contributed by atoms with Gasteiger partial charge in [-0.2, -0.15) is 0 Å². The van der Waals surface area contributed by atoms with E-state index in [0.29, 0.717) is 9.34 Å². The number of aromatic nitrogens is 1. The number of nitrogens with zero attached hydrogens (tertiary/aromatic N) is 1. The molecule has 1 heterocycles. The monoisotopic (exact) mass is 175 g/mol. The van der Waals surface area contributed by atoms with Crippen LogP contribution in [0.5, 0.6) is 0 Å². The van der Waals surface area contributed by atoms with Crippen LogP contribution in [-0.4, -0.2) is 10.1 Å². The van der Waals surface area contributed by atoms with Gasteiger partial charge in [-0.1, -0.05) is 17.7 Å². The zero-order valence-corrected chi connectivity index (χ0v) is 6.69. The van der Waals surface area contributed by atoms with Crippen LogP contribution in [0.15, 0.2) is 18.9 Å². The summed E-state index contributed by atoms with van der Waals surface area (Å²) in [6, 6.07) is 0. The zero-order chi connectivity index (χ0) is 7.56. The van der Waals surface area contributed by atoms with Gasteiger partial charge in [0.15, 0.2) is 0 Å². The summed E-state index contributed by atoms with van der Waals surface area (Å²) in [5.41, 5.74) is 0. The Morgan fingerprint density at radius 2 is 2.60 bits per heavy atom. The molecule has 1 aromatic heterocycles. The number of aliphatic hydroxyl groups excluding tert-OH is 1. The summed E-state index contributed by atoms with van der Waals surface area (Å²) < 4.78 is 0.580. The molecule has 54 valence electrons. The molecule has 0 bridgehead atoms. The Bertz CT molecular complexity index is 235. The van der Waals surface area contributed by atoms with Crippen molar-refractivity contribution in [2.75, 3.05) is 0 Å². The van der Waals surface area contributed by atoms with Crippen LogP contribution in [-0.2, 0) is 0 Å². The maximum absolute atomic E-state index is 9.11. The summed E-state index contributed by atoms with van der Waals surface area (Å²) >= 11 is 6.83. The first kappa shape index (κ1) is 7.72. The minimum absolute atomic E-state index is 0.580. The summed E-state index contributed by atoms with van der Waals surface area (Å²) in [5.74, 6) is 0. The van der Waals surface area contributed by atoms with E-state index in [-0.39, 0.29) is 0 Å². The van der Waals surface area contributed by atoms with Gasteiger partial charge in [-0.25, -0.2) is 4.98 Å². The lowest BCUT2D eigenvalue weighted by atomic mass is 10.4. The number of halogens is 1. The van der Waals surface area contributed by atoms with Crippen molar-refractivity contribution in [1.82, 2.24) is 4.98 Å². The van der Waals surface area contributed by atoms with Crippen LogP contribution in [0.3, 0.4) is 0 Å². The Morgan fingerprint density at radius 1 is 1.90 bits per heavy atom. The van der Waals surface area contributed by atoms with E-state index in [1.54, 1.807) is 0 Å². The van der Waals surface area contributed by atoms with Crippen LogP contribution in [0.25, 0.3) is 0 Å². The lowest BCUT2D eigenvalue weighted by molar-refractivity contribution is 0.228. The fourth-order valence-electron chi connectivity index (χ4n) is 0.505. The Morgan fingerprint density at radius 3 is 3.00 bits per heavy atom. The quantitative estimate of drug-likeness (QED) is 0.698. The molecule has 2 nitrogen and oxygen atoms in total.